The Bertz CT molecular complexity index is 1100. The van der Waals surface area contributed by atoms with E-state index in [-0.39, 0.29) is 19.1 Å². The minimum Gasteiger partial charge on any atom is -0.495 e. The van der Waals surface area contributed by atoms with Gasteiger partial charge in [0.25, 0.3) is 11.8 Å². The predicted molar refractivity (Wildman–Crippen MR) is 126 cm³/mol. The fourth-order valence-corrected chi connectivity index (χ4v) is 2.75. The zero-order valence-corrected chi connectivity index (χ0v) is 18.5. The first kappa shape index (κ1) is 23.6. The predicted octanol–water partition coefficient (Wildman–Crippen LogP) is 3.90. The van der Waals surface area contributed by atoms with E-state index in [9.17, 15) is 9.59 Å². The van der Waals surface area contributed by atoms with Crippen molar-refractivity contribution >= 4 is 35.3 Å². The second kappa shape index (κ2) is 12.1. The highest BCUT2D eigenvalue weighted by atomic mass is 35.5. The Balaban J connectivity index is 1.40. The maximum atomic E-state index is 12.1. The van der Waals surface area contributed by atoms with Crippen LogP contribution < -0.4 is 25.0 Å². The van der Waals surface area contributed by atoms with Crippen LogP contribution in [0.5, 0.6) is 17.2 Å². The number of halogens is 1. The van der Waals surface area contributed by atoms with Gasteiger partial charge in [0.15, 0.2) is 13.2 Å². The molecule has 0 aromatic heterocycles. The Morgan fingerprint density at radius 3 is 2.15 bits per heavy atom. The molecule has 2 amide bonds. The fraction of sp³-hybridized carbons (Fsp3) is 0.125. The first-order valence-electron chi connectivity index (χ1n) is 9.89. The highest BCUT2D eigenvalue weighted by Gasteiger charge is 2.08. The number of amides is 2. The van der Waals surface area contributed by atoms with Gasteiger partial charge in [-0.05, 0) is 66.2 Å². The van der Waals surface area contributed by atoms with Crippen LogP contribution in [0.4, 0.5) is 5.69 Å². The van der Waals surface area contributed by atoms with Crippen LogP contribution >= 0.6 is 11.6 Å². The molecule has 0 heterocycles. The molecule has 33 heavy (non-hydrogen) atoms. The topological polar surface area (TPSA) is 98.3 Å². The van der Waals surface area contributed by atoms with Gasteiger partial charge in [-0.1, -0.05) is 23.7 Å². The standard InChI is InChI=1S/C24H22ClN3O5/c1-31-22-5-3-2-4-21(22)27-23(29)15-32-19-10-6-17(7-11-19)14-26-28-24(30)16-33-20-12-8-18(25)9-13-20/h2-14H,15-16H2,1H3,(H,27,29)(H,28,30)/b26-14-. The monoisotopic (exact) mass is 467 g/mol. The molecule has 9 heteroatoms. The second-order valence-electron chi connectivity index (χ2n) is 6.64. The molecule has 0 unspecified atom stereocenters. The molecule has 8 nitrogen and oxygen atoms in total. The number of carbonyl (C=O) groups excluding carboxylic acids is 2. The maximum Gasteiger partial charge on any atom is 0.277 e. The van der Waals surface area contributed by atoms with Gasteiger partial charge < -0.3 is 19.5 Å². The van der Waals surface area contributed by atoms with E-state index in [1.807, 2.05) is 6.07 Å². The summed E-state index contributed by atoms with van der Waals surface area (Å²) in [7, 11) is 1.53. The van der Waals surface area contributed by atoms with Crippen LogP contribution in [0.3, 0.4) is 0 Å². The van der Waals surface area contributed by atoms with Crippen molar-refractivity contribution in [3.8, 4) is 17.2 Å². The third-order valence-electron chi connectivity index (χ3n) is 4.22. The zero-order chi connectivity index (χ0) is 23.5. The van der Waals surface area contributed by atoms with Crippen LogP contribution in [-0.4, -0.2) is 38.4 Å². The average Bonchev–Trinajstić information content (AvgIpc) is 2.83. The summed E-state index contributed by atoms with van der Waals surface area (Å²) < 4.78 is 16.0. The third-order valence-corrected chi connectivity index (χ3v) is 4.47. The fourth-order valence-electron chi connectivity index (χ4n) is 2.62. The number of benzene rings is 3. The van der Waals surface area contributed by atoms with Gasteiger partial charge >= 0.3 is 0 Å². The van der Waals surface area contributed by atoms with Crippen molar-refractivity contribution in [2.45, 2.75) is 0 Å². The smallest absolute Gasteiger partial charge is 0.277 e. The molecule has 0 aliphatic heterocycles. The summed E-state index contributed by atoms with van der Waals surface area (Å²) in [4.78, 5) is 23.9. The molecule has 0 aliphatic rings. The summed E-state index contributed by atoms with van der Waals surface area (Å²) in [5.74, 6) is 0.905. The van der Waals surface area contributed by atoms with Crippen molar-refractivity contribution in [2.24, 2.45) is 5.10 Å². The number of hydrogen-bond donors (Lipinski definition) is 2. The number of hydrogen-bond acceptors (Lipinski definition) is 6. The Hall–Kier alpha value is -4.04. The van der Waals surface area contributed by atoms with Crippen molar-refractivity contribution in [3.05, 3.63) is 83.4 Å². The molecule has 3 aromatic rings. The van der Waals surface area contributed by atoms with Crippen molar-refractivity contribution < 1.29 is 23.8 Å². The number of methoxy groups -OCH3 is 1. The number of rotatable bonds is 10. The normalized spacial score (nSPS) is 10.5. The van der Waals surface area contributed by atoms with Gasteiger partial charge in [-0.2, -0.15) is 5.10 Å². The minimum atomic E-state index is -0.401. The molecule has 0 aliphatic carbocycles. The van der Waals surface area contributed by atoms with E-state index in [0.29, 0.717) is 28.0 Å². The minimum absolute atomic E-state index is 0.158. The number of hydrazone groups is 1. The third kappa shape index (κ3) is 7.86. The molecule has 0 atom stereocenters. The number of nitrogens with one attached hydrogen (secondary N) is 2. The zero-order valence-electron chi connectivity index (χ0n) is 17.8. The molecular formula is C24H22ClN3O5. The average molecular weight is 468 g/mol. The van der Waals surface area contributed by atoms with Gasteiger partial charge in [0.1, 0.15) is 17.2 Å². The Labute approximate surface area is 196 Å². The molecule has 0 spiro atoms. The van der Waals surface area contributed by atoms with Gasteiger partial charge in [-0.3, -0.25) is 9.59 Å². The Morgan fingerprint density at radius 2 is 1.48 bits per heavy atom. The van der Waals surface area contributed by atoms with E-state index < -0.39 is 5.91 Å². The van der Waals surface area contributed by atoms with Gasteiger partial charge in [-0.15, -0.1) is 0 Å². The lowest BCUT2D eigenvalue weighted by molar-refractivity contribution is -0.123. The largest absolute Gasteiger partial charge is 0.495 e. The summed E-state index contributed by atoms with van der Waals surface area (Å²) >= 11 is 5.80. The van der Waals surface area contributed by atoms with E-state index in [2.05, 4.69) is 15.8 Å². The highest BCUT2D eigenvalue weighted by Crippen LogP contribution is 2.23. The lowest BCUT2D eigenvalue weighted by atomic mass is 10.2. The van der Waals surface area contributed by atoms with Gasteiger partial charge in [0, 0.05) is 5.02 Å². The lowest BCUT2D eigenvalue weighted by Crippen LogP contribution is -2.24. The van der Waals surface area contributed by atoms with E-state index in [4.69, 9.17) is 25.8 Å². The number of carbonyl (C=O) groups is 2. The number of anilines is 1. The molecule has 0 radical (unpaired) electrons. The van der Waals surface area contributed by atoms with E-state index in [0.717, 1.165) is 5.56 Å². The van der Waals surface area contributed by atoms with Crippen LogP contribution in [0.25, 0.3) is 0 Å². The molecule has 0 fully saturated rings. The summed E-state index contributed by atoms with van der Waals surface area (Å²) in [6, 6.07) is 20.7. The van der Waals surface area contributed by atoms with Crippen LogP contribution in [0.2, 0.25) is 5.02 Å². The van der Waals surface area contributed by atoms with Gasteiger partial charge in [0.05, 0.1) is 19.0 Å². The van der Waals surface area contributed by atoms with Gasteiger partial charge in [-0.25, -0.2) is 5.43 Å². The molecule has 3 aromatic carbocycles. The number of ether oxygens (including phenoxy) is 3. The Morgan fingerprint density at radius 1 is 0.879 bits per heavy atom. The van der Waals surface area contributed by atoms with Crippen molar-refractivity contribution in [1.82, 2.24) is 5.43 Å². The maximum absolute atomic E-state index is 12.1. The van der Waals surface area contributed by atoms with Crippen molar-refractivity contribution in [1.29, 1.82) is 0 Å². The molecule has 0 bridgehead atoms. The van der Waals surface area contributed by atoms with Crippen LogP contribution in [0.1, 0.15) is 5.56 Å². The molecule has 3 rings (SSSR count). The van der Waals surface area contributed by atoms with Crippen molar-refractivity contribution in [2.75, 3.05) is 25.6 Å². The van der Waals surface area contributed by atoms with Gasteiger partial charge in [0.2, 0.25) is 0 Å². The number of nitrogens with zero attached hydrogens (tertiary/aromatic N) is 1. The van der Waals surface area contributed by atoms with Crippen LogP contribution in [0, 0.1) is 0 Å². The van der Waals surface area contributed by atoms with Crippen LogP contribution in [0.15, 0.2) is 77.9 Å². The number of para-hydroxylation sites is 2. The SMILES string of the molecule is COc1ccccc1NC(=O)COc1ccc(/C=N\NC(=O)COc2ccc(Cl)cc2)cc1. The second-order valence-corrected chi connectivity index (χ2v) is 7.08. The molecule has 2 N–H and O–H groups in total. The molecule has 170 valence electrons. The molecule has 0 saturated heterocycles. The summed E-state index contributed by atoms with van der Waals surface area (Å²) in [5, 5.41) is 7.22. The van der Waals surface area contributed by atoms with Crippen LogP contribution in [-0.2, 0) is 9.59 Å². The lowest BCUT2D eigenvalue weighted by Gasteiger charge is -2.10. The molecular weight excluding hydrogens is 446 g/mol. The van der Waals surface area contributed by atoms with E-state index >= 15 is 0 Å². The highest BCUT2D eigenvalue weighted by molar-refractivity contribution is 6.30. The summed E-state index contributed by atoms with van der Waals surface area (Å²) in [6.07, 6.45) is 1.48. The first-order valence-corrected chi connectivity index (χ1v) is 10.3. The quantitative estimate of drug-likeness (QED) is 0.348. The van der Waals surface area contributed by atoms with Crippen molar-refractivity contribution in [3.63, 3.8) is 0 Å². The Kier molecular flexibility index (Phi) is 8.67. The summed E-state index contributed by atoms with van der Waals surface area (Å²) in [5.41, 5.74) is 3.69. The van der Waals surface area contributed by atoms with E-state index in [1.165, 1.54) is 13.3 Å². The summed E-state index contributed by atoms with van der Waals surface area (Å²) in [6.45, 7) is -0.335. The van der Waals surface area contributed by atoms with E-state index in [1.54, 1.807) is 66.7 Å². The molecule has 0 saturated carbocycles. The first-order chi connectivity index (χ1) is 16.0.